The first-order valence-corrected chi connectivity index (χ1v) is 7.06. The first kappa shape index (κ1) is 14.3. The van der Waals surface area contributed by atoms with Crippen molar-refractivity contribution in [1.29, 1.82) is 0 Å². The largest absolute Gasteiger partial charge is 0.505 e. The van der Waals surface area contributed by atoms with Crippen LogP contribution in [-0.4, -0.2) is 13.5 Å². The molecule has 106 valence electrons. The molecule has 0 aromatic heterocycles. The third-order valence-electron chi connectivity index (χ3n) is 2.66. The van der Waals surface area contributed by atoms with E-state index in [0.717, 1.165) is 12.1 Å². The van der Waals surface area contributed by atoms with E-state index in [-0.39, 0.29) is 11.4 Å². The fourth-order valence-electron chi connectivity index (χ4n) is 1.62. The van der Waals surface area contributed by atoms with E-state index in [1.165, 1.54) is 12.1 Å². The fourth-order valence-corrected chi connectivity index (χ4v) is 2.78. The molecule has 0 aliphatic heterocycles. The van der Waals surface area contributed by atoms with Crippen molar-refractivity contribution < 1.29 is 22.3 Å². The minimum atomic E-state index is -4.33. The van der Waals surface area contributed by atoms with Gasteiger partial charge in [-0.1, -0.05) is 12.1 Å². The molecule has 0 aliphatic carbocycles. The molecule has 2 aromatic carbocycles. The molecule has 0 aliphatic rings. The Morgan fingerprint density at radius 3 is 2.55 bits per heavy atom. The van der Waals surface area contributed by atoms with Crippen LogP contribution in [0.4, 0.5) is 14.5 Å². The molecule has 20 heavy (non-hydrogen) atoms. The average Bonchev–Trinajstić information content (AvgIpc) is 2.37. The van der Waals surface area contributed by atoms with E-state index in [1.807, 2.05) is 4.72 Å². The van der Waals surface area contributed by atoms with Gasteiger partial charge >= 0.3 is 0 Å². The van der Waals surface area contributed by atoms with Crippen LogP contribution in [0, 0.1) is 18.6 Å². The molecule has 2 aromatic rings. The maximum absolute atomic E-state index is 13.5. The van der Waals surface area contributed by atoms with Crippen molar-refractivity contribution in [2.45, 2.75) is 11.8 Å². The molecule has 0 atom stereocenters. The highest BCUT2D eigenvalue weighted by atomic mass is 32.2. The van der Waals surface area contributed by atoms with Gasteiger partial charge in [0.15, 0.2) is 0 Å². The highest BCUT2D eigenvalue weighted by molar-refractivity contribution is 7.92. The summed E-state index contributed by atoms with van der Waals surface area (Å²) in [6.45, 7) is 1.58. The molecule has 0 fully saturated rings. The van der Waals surface area contributed by atoms with Crippen LogP contribution in [0.25, 0.3) is 0 Å². The first-order valence-electron chi connectivity index (χ1n) is 5.58. The number of para-hydroxylation sites is 1. The second kappa shape index (κ2) is 5.09. The average molecular weight is 299 g/mol. The van der Waals surface area contributed by atoms with Crippen LogP contribution in [0.2, 0.25) is 0 Å². The summed E-state index contributed by atoms with van der Waals surface area (Å²) < 4.78 is 52.6. The zero-order chi connectivity index (χ0) is 14.9. The Labute approximate surface area is 114 Å². The topological polar surface area (TPSA) is 66.4 Å². The Morgan fingerprint density at radius 1 is 1.15 bits per heavy atom. The number of hydrogen-bond donors (Lipinski definition) is 2. The fraction of sp³-hybridized carbons (Fsp3) is 0.0769. The van der Waals surface area contributed by atoms with Gasteiger partial charge in [-0.3, -0.25) is 4.72 Å². The van der Waals surface area contributed by atoms with Crippen LogP contribution in [-0.2, 0) is 10.0 Å². The van der Waals surface area contributed by atoms with Crippen LogP contribution in [0.5, 0.6) is 5.75 Å². The molecule has 4 nitrogen and oxygen atoms in total. The van der Waals surface area contributed by atoms with Crippen molar-refractivity contribution in [3.05, 3.63) is 53.6 Å². The van der Waals surface area contributed by atoms with Crippen LogP contribution in [0.3, 0.4) is 0 Å². The van der Waals surface area contributed by atoms with Crippen molar-refractivity contribution in [2.75, 3.05) is 4.72 Å². The third-order valence-corrected chi connectivity index (χ3v) is 4.05. The van der Waals surface area contributed by atoms with Gasteiger partial charge in [0.25, 0.3) is 10.0 Å². The first-order chi connectivity index (χ1) is 9.31. The summed E-state index contributed by atoms with van der Waals surface area (Å²) in [6, 6.07) is 6.53. The molecule has 0 heterocycles. The van der Waals surface area contributed by atoms with E-state index < -0.39 is 26.6 Å². The quantitative estimate of drug-likeness (QED) is 0.856. The second-order valence-electron chi connectivity index (χ2n) is 4.15. The van der Waals surface area contributed by atoms with Gasteiger partial charge in [-0.2, -0.15) is 0 Å². The lowest BCUT2D eigenvalue weighted by Crippen LogP contribution is -2.15. The molecule has 0 saturated heterocycles. The highest BCUT2D eigenvalue weighted by Gasteiger charge is 2.21. The maximum atomic E-state index is 13.5. The van der Waals surface area contributed by atoms with E-state index in [2.05, 4.69) is 0 Å². The van der Waals surface area contributed by atoms with Gasteiger partial charge in [-0.15, -0.1) is 0 Å². The number of anilines is 1. The van der Waals surface area contributed by atoms with Crippen LogP contribution in [0.1, 0.15) is 5.56 Å². The molecule has 2 N–H and O–H groups in total. The van der Waals surface area contributed by atoms with Gasteiger partial charge in [-0.05, 0) is 36.8 Å². The number of sulfonamides is 1. The summed E-state index contributed by atoms with van der Waals surface area (Å²) in [5, 5.41) is 9.74. The lowest BCUT2D eigenvalue weighted by Gasteiger charge is -2.11. The van der Waals surface area contributed by atoms with E-state index in [4.69, 9.17) is 0 Å². The molecule has 7 heteroatoms. The van der Waals surface area contributed by atoms with Gasteiger partial charge in [0.2, 0.25) is 0 Å². The highest BCUT2D eigenvalue weighted by Crippen LogP contribution is 2.29. The number of aryl methyl sites for hydroxylation is 1. The van der Waals surface area contributed by atoms with E-state index >= 15 is 0 Å². The minimum absolute atomic E-state index is 0.103. The molecular weight excluding hydrogens is 288 g/mol. The van der Waals surface area contributed by atoms with Crippen LogP contribution >= 0.6 is 0 Å². The van der Waals surface area contributed by atoms with Gasteiger partial charge in [0.1, 0.15) is 22.3 Å². The predicted octanol–water partition coefficient (Wildman–Crippen LogP) is 2.78. The summed E-state index contributed by atoms with van der Waals surface area (Å²) in [4.78, 5) is -0.821. The molecule has 0 radical (unpaired) electrons. The Hall–Kier alpha value is -2.15. The molecule has 0 unspecified atom stereocenters. The van der Waals surface area contributed by atoms with Crippen molar-refractivity contribution in [3.63, 3.8) is 0 Å². The lowest BCUT2D eigenvalue weighted by molar-refractivity contribution is 0.473. The molecular formula is C13H11F2NO3S. The number of hydrogen-bond acceptors (Lipinski definition) is 3. The van der Waals surface area contributed by atoms with Gasteiger partial charge < -0.3 is 5.11 Å². The zero-order valence-electron chi connectivity index (χ0n) is 10.4. The van der Waals surface area contributed by atoms with Crippen molar-refractivity contribution in [3.8, 4) is 5.75 Å². The summed E-state index contributed by atoms with van der Waals surface area (Å²) in [7, 11) is -4.33. The van der Waals surface area contributed by atoms with E-state index in [0.29, 0.717) is 11.6 Å². The maximum Gasteiger partial charge on any atom is 0.265 e. The van der Waals surface area contributed by atoms with Crippen molar-refractivity contribution in [1.82, 2.24) is 0 Å². The molecule has 0 spiro atoms. The monoisotopic (exact) mass is 299 g/mol. The number of nitrogens with one attached hydrogen (secondary N) is 1. The lowest BCUT2D eigenvalue weighted by atomic mass is 10.2. The normalized spacial score (nSPS) is 11.3. The number of halogens is 2. The summed E-state index contributed by atoms with van der Waals surface area (Å²) in [5.74, 6) is -2.22. The van der Waals surface area contributed by atoms with Gasteiger partial charge in [0, 0.05) is 0 Å². The Kier molecular flexibility index (Phi) is 3.63. The smallest absolute Gasteiger partial charge is 0.265 e. The molecule has 2 rings (SSSR count). The van der Waals surface area contributed by atoms with Crippen LogP contribution < -0.4 is 4.72 Å². The number of aromatic hydroxyl groups is 1. The van der Waals surface area contributed by atoms with Crippen molar-refractivity contribution in [2.24, 2.45) is 0 Å². The minimum Gasteiger partial charge on any atom is -0.505 e. The van der Waals surface area contributed by atoms with Crippen LogP contribution in [0.15, 0.2) is 41.3 Å². The SMILES string of the molecule is Cc1cccc(NS(=O)(=O)c2cc(F)ccc2F)c1O. The Balaban J connectivity index is 2.46. The Bertz CT molecular complexity index is 760. The standard InChI is InChI=1S/C13H11F2NO3S/c1-8-3-2-4-11(13(8)17)16-20(18,19)12-7-9(14)5-6-10(12)15/h2-7,16-17H,1H3. The Morgan fingerprint density at radius 2 is 1.85 bits per heavy atom. The summed E-state index contributed by atoms with van der Waals surface area (Å²) >= 11 is 0. The summed E-state index contributed by atoms with van der Waals surface area (Å²) in [6.07, 6.45) is 0. The molecule has 0 amide bonds. The van der Waals surface area contributed by atoms with E-state index in [1.54, 1.807) is 13.0 Å². The number of phenols is 1. The second-order valence-corrected chi connectivity index (χ2v) is 5.80. The summed E-state index contributed by atoms with van der Waals surface area (Å²) in [5.41, 5.74) is 0.346. The zero-order valence-corrected chi connectivity index (χ0v) is 11.2. The number of rotatable bonds is 3. The van der Waals surface area contributed by atoms with Crippen molar-refractivity contribution >= 4 is 15.7 Å². The van der Waals surface area contributed by atoms with E-state index in [9.17, 15) is 22.3 Å². The van der Waals surface area contributed by atoms with Gasteiger partial charge in [0.05, 0.1) is 5.69 Å². The van der Waals surface area contributed by atoms with Gasteiger partial charge in [-0.25, -0.2) is 17.2 Å². The molecule has 0 bridgehead atoms. The number of phenolic OH excluding ortho intramolecular Hbond substituents is 1. The third kappa shape index (κ3) is 2.72. The predicted molar refractivity (Wildman–Crippen MR) is 70.0 cm³/mol. The molecule has 0 saturated carbocycles. The number of benzene rings is 2.